The molecule has 3 unspecified atom stereocenters. The van der Waals surface area contributed by atoms with E-state index in [1.54, 1.807) is 24.3 Å². The molecule has 0 radical (unpaired) electrons. The van der Waals surface area contributed by atoms with Gasteiger partial charge in [0.25, 0.3) is 0 Å². The van der Waals surface area contributed by atoms with Gasteiger partial charge in [-0.1, -0.05) is 43.7 Å². The zero-order chi connectivity index (χ0) is 19.7. The Morgan fingerprint density at radius 2 is 1.85 bits per heavy atom. The van der Waals surface area contributed by atoms with E-state index in [-0.39, 0.29) is 6.61 Å². The van der Waals surface area contributed by atoms with Crippen LogP contribution >= 0.6 is 0 Å². The summed E-state index contributed by atoms with van der Waals surface area (Å²) in [6, 6.07) is 6.30. The van der Waals surface area contributed by atoms with Crippen LogP contribution in [-0.4, -0.2) is 53.3 Å². The normalized spacial score (nSPS) is 14.0. The molecule has 2 amide bonds. The standard InChI is InChI=1S/C18H26N2O6/c1-4-8-14(19)16(22)20(15(12(2)21)17(23)25-3)18(24)26-11-13-9-6-5-7-10-13/h5-7,9-10,12,14-15,21H,4,8,11,19H2,1-3H3. The maximum absolute atomic E-state index is 12.6. The van der Waals surface area contributed by atoms with Crippen molar-refractivity contribution in [3.63, 3.8) is 0 Å². The largest absolute Gasteiger partial charge is 0.467 e. The number of hydrogen-bond acceptors (Lipinski definition) is 7. The predicted molar refractivity (Wildman–Crippen MR) is 93.8 cm³/mol. The highest BCUT2D eigenvalue weighted by atomic mass is 16.6. The second kappa shape index (κ2) is 10.5. The second-order valence-corrected chi connectivity index (χ2v) is 5.85. The molecule has 0 saturated carbocycles. The summed E-state index contributed by atoms with van der Waals surface area (Å²) in [5.41, 5.74) is 6.53. The summed E-state index contributed by atoms with van der Waals surface area (Å²) in [6.07, 6.45) is -1.50. The summed E-state index contributed by atoms with van der Waals surface area (Å²) in [5.74, 6) is -1.74. The van der Waals surface area contributed by atoms with Gasteiger partial charge in [-0.3, -0.25) is 4.79 Å². The molecule has 8 heteroatoms. The fourth-order valence-corrected chi connectivity index (χ4v) is 2.38. The lowest BCUT2D eigenvalue weighted by Gasteiger charge is -2.30. The first-order valence-corrected chi connectivity index (χ1v) is 8.38. The van der Waals surface area contributed by atoms with Gasteiger partial charge in [0, 0.05) is 0 Å². The highest BCUT2D eigenvalue weighted by Gasteiger charge is 2.41. The average molecular weight is 366 g/mol. The van der Waals surface area contributed by atoms with Crippen molar-refractivity contribution in [3.05, 3.63) is 35.9 Å². The van der Waals surface area contributed by atoms with Crippen LogP contribution in [0.1, 0.15) is 32.3 Å². The van der Waals surface area contributed by atoms with Crippen molar-refractivity contribution in [2.75, 3.05) is 7.11 Å². The molecule has 3 N–H and O–H groups in total. The maximum Gasteiger partial charge on any atom is 0.417 e. The Bertz CT molecular complexity index is 605. The van der Waals surface area contributed by atoms with Gasteiger partial charge >= 0.3 is 12.1 Å². The molecule has 26 heavy (non-hydrogen) atoms. The molecule has 0 saturated heterocycles. The summed E-state index contributed by atoms with van der Waals surface area (Å²) in [4.78, 5) is 37.8. The molecule has 1 aromatic rings. The number of methoxy groups -OCH3 is 1. The Kier molecular flexibility index (Phi) is 8.74. The Balaban J connectivity index is 3.06. The first-order valence-electron chi connectivity index (χ1n) is 8.38. The van der Waals surface area contributed by atoms with Crippen LogP contribution in [-0.2, 0) is 25.7 Å². The Morgan fingerprint density at radius 3 is 2.35 bits per heavy atom. The molecular weight excluding hydrogens is 340 g/mol. The zero-order valence-corrected chi connectivity index (χ0v) is 15.3. The number of benzene rings is 1. The van der Waals surface area contributed by atoms with Crippen LogP contribution in [0.25, 0.3) is 0 Å². The van der Waals surface area contributed by atoms with Gasteiger partial charge < -0.3 is 20.3 Å². The van der Waals surface area contributed by atoms with Crippen molar-refractivity contribution in [1.29, 1.82) is 0 Å². The van der Waals surface area contributed by atoms with E-state index in [1.165, 1.54) is 6.92 Å². The van der Waals surface area contributed by atoms with E-state index in [0.717, 1.165) is 7.11 Å². The predicted octanol–water partition coefficient (Wildman–Crippen LogP) is 1.20. The minimum Gasteiger partial charge on any atom is -0.467 e. The molecule has 0 spiro atoms. The lowest BCUT2D eigenvalue weighted by atomic mass is 10.1. The summed E-state index contributed by atoms with van der Waals surface area (Å²) < 4.78 is 9.77. The molecule has 1 aromatic carbocycles. The van der Waals surface area contributed by atoms with Crippen LogP contribution in [0.4, 0.5) is 4.79 Å². The number of carbonyl (C=O) groups excluding carboxylic acids is 3. The number of nitrogens with zero attached hydrogens (tertiary/aromatic N) is 1. The Labute approximate surface area is 152 Å². The molecular formula is C18H26N2O6. The van der Waals surface area contributed by atoms with Gasteiger partial charge in [-0.05, 0) is 18.9 Å². The molecule has 0 aliphatic rings. The number of ether oxygens (including phenoxy) is 2. The first kappa shape index (κ1) is 21.6. The minimum atomic E-state index is -1.54. The monoisotopic (exact) mass is 366 g/mol. The molecule has 0 aliphatic carbocycles. The quantitative estimate of drug-likeness (QED) is 0.663. The lowest BCUT2D eigenvalue weighted by molar-refractivity contribution is -0.156. The third kappa shape index (κ3) is 5.82. The topological polar surface area (TPSA) is 119 Å². The summed E-state index contributed by atoms with van der Waals surface area (Å²) >= 11 is 0. The molecule has 0 heterocycles. The fourth-order valence-electron chi connectivity index (χ4n) is 2.38. The third-order valence-electron chi connectivity index (χ3n) is 3.73. The lowest BCUT2D eigenvalue weighted by Crippen LogP contribution is -2.58. The maximum atomic E-state index is 12.6. The molecule has 0 fully saturated rings. The van der Waals surface area contributed by atoms with Gasteiger partial charge in [-0.2, -0.15) is 0 Å². The number of imide groups is 1. The fraction of sp³-hybridized carbons (Fsp3) is 0.500. The van der Waals surface area contributed by atoms with Crippen LogP contribution in [0.3, 0.4) is 0 Å². The van der Waals surface area contributed by atoms with E-state index in [2.05, 4.69) is 4.74 Å². The van der Waals surface area contributed by atoms with Crippen LogP contribution in [0, 0.1) is 0 Å². The van der Waals surface area contributed by atoms with E-state index in [4.69, 9.17) is 10.5 Å². The third-order valence-corrected chi connectivity index (χ3v) is 3.73. The molecule has 0 aromatic heterocycles. The number of nitrogens with two attached hydrogens (primary N) is 1. The van der Waals surface area contributed by atoms with Crippen LogP contribution in [0.2, 0.25) is 0 Å². The van der Waals surface area contributed by atoms with Crippen molar-refractivity contribution in [1.82, 2.24) is 4.90 Å². The number of aliphatic hydroxyl groups is 1. The van der Waals surface area contributed by atoms with Gasteiger partial charge in [-0.15, -0.1) is 0 Å². The van der Waals surface area contributed by atoms with E-state index in [9.17, 15) is 19.5 Å². The number of carbonyl (C=O) groups is 3. The van der Waals surface area contributed by atoms with Crippen LogP contribution in [0.15, 0.2) is 30.3 Å². The van der Waals surface area contributed by atoms with Gasteiger partial charge in [0.15, 0.2) is 6.04 Å². The second-order valence-electron chi connectivity index (χ2n) is 5.85. The smallest absolute Gasteiger partial charge is 0.417 e. The Morgan fingerprint density at radius 1 is 1.23 bits per heavy atom. The molecule has 0 aliphatic heterocycles. The first-order chi connectivity index (χ1) is 12.3. The van der Waals surface area contributed by atoms with Crippen LogP contribution < -0.4 is 5.73 Å². The van der Waals surface area contributed by atoms with Crippen molar-refractivity contribution in [2.45, 2.75) is 51.5 Å². The number of rotatable bonds is 8. The molecule has 1 rings (SSSR count). The highest BCUT2D eigenvalue weighted by molar-refractivity contribution is 5.99. The number of hydrogen-bond donors (Lipinski definition) is 2. The van der Waals surface area contributed by atoms with Crippen molar-refractivity contribution in [3.8, 4) is 0 Å². The number of aliphatic hydroxyl groups excluding tert-OH is 1. The van der Waals surface area contributed by atoms with Gasteiger partial charge in [-0.25, -0.2) is 14.5 Å². The highest BCUT2D eigenvalue weighted by Crippen LogP contribution is 2.14. The summed E-state index contributed by atoms with van der Waals surface area (Å²) in [5, 5.41) is 9.94. The van der Waals surface area contributed by atoms with Crippen molar-refractivity contribution >= 4 is 18.0 Å². The average Bonchev–Trinajstić information content (AvgIpc) is 2.63. The molecule has 0 bridgehead atoms. The van der Waals surface area contributed by atoms with Gasteiger partial charge in [0.2, 0.25) is 5.91 Å². The van der Waals surface area contributed by atoms with Crippen molar-refractivity contribution in [2.24, 2.45) is 5.73 Å². The minimum absolute atomic E-state index is 0.0971. The molecule has 8 nitrogen and oxygen atoms in total. The van der Waals surface area contributed by atoms with Gasteiger partial charge in [0.1, 0.15) is 6.61 Å². The number of esters is 1. The van der Waals surface area contributed by atoms with E-state index < -0.39 is 36.2 Å². The van der Waals surface area contributed by atoms with E-state index >= 15 is 0 Å². The summed E-state index contributed by atoms with van der Waals surface area (Å²) in [7, 11) is 1.10. The molecule has 144 valence electrons. The zero-order valence-electron chi connectivity index (χ0n) is 15.3. The van der Waals surface area contributed by atoms with Gasteiger partial charge in [0.05, 0.1) is 19.3 Å². The Hall–Kier alpha value is -2.45. The van der Waals surface area contributed by atoms with Crippen molar-refractivity contribution < 1.29 is 29.0 Å². The summed E-state index contributed by atoms with van der Waals surface area (Å²) in [6.45, 7) is 3.01. The van der Waals surface area contributed by atoms with E-state index in [1.807, 2.05) is 13.0 Å². The van der Waals surface area contributed by atoms with Crippen LogP contribution in [0.5, 0.6) is 0 Å². The van der Waals surface area contributed by atoms with E-state index in [0.29, 0.717) is 23.3 Å². The molecule has 3 atom stereocenters. The number of amides is 2. The SMILES string of the molecule is CCCC(N)C(=O)N(C(=O)OCc1ccccc1)C(C(=O)OC)C(C)O.